The summed E-state index contributed by atoms with van der Waals surface area (Å²) in [5, 5.41) is 7.55. The first-order chi connectivity index (χ1) is 14.0. The molecule has 1 N–H and O–H groups in total. The molecule has 1 fully saturated rings. The summed E-state index contributed by atoms with van der Waals surface area (Å²) >= 11 is 0. The molecule has 6 nitrogen and oxygen atoms in total. The van der Waals surface area contributed by atoms with E-state index >= 15 is 0 Å². The number of piperazine rings is 1. The van der Waals surface area contributed by atoms with Crippen LogP contribution in [0.3, 0.4) is 0 Å². The molecule has 0 atom stereocenters. The molecule has 3 aromatic rings. The minimum atomic E-state index is -0.321. The van der Waals surface area contributed by atoms with Gasteiger partial charge in [0.2, 0.25) is 0 Å². The number of nitrogens with one attached hydrogen (secondary N) is 1. The second kappa shape index (κ2) is 7.95. The largest absolute Gasteiger partial charge is 0.365 e. The highest BCUT2D eigenvalue weighted by molar-refractivity contribution is 5.89. The zero-order chi connectivity index (χ0) is 20.4. The first kappa shape index (κ1) is 19.0. The molecule has 0 spiro atoms. The van der Waals surface area contributed by atoms with Crippen LogP contribution in [0.15, 0.2) is 54.6 Å². The van der Waals surface area contributed by atoms with Gasteiger partial charge in [0.15, 0.2) is 0 Å². The molecular formula is C22H24FN5O. The molecule has 29 heavy (non-hydrogen) atoms. The summed E-state index contributed by atoms with van der Waals surface area (Å²) in [6.07, 6.45) is 0. The number of aromatic nitrogens is 2. The summed E-state index contributed by atoms with van der Waals surface area (Å²) < 4.78 is 15.0. The minimum absolute atomic E-state index is 0.162. The predicted molar refractivity (Wildman–Crippen MR) is 112 cm³/mol. The number of halogens is 1. The molecule has 150 valence electrons. The van der Waals surface area contributed by atoms with E-state index in [1.807, 2.05) is 41.9 Å². The third-order valence-corrected chi connectivity index (χ3v) is 5.23. The van der Waals surface area contributed by atoms with Gasteiger partial charge in [0, 0.05) is 31.9 Å². The number of nitrogens with zero attached hydrogens (tertiary/aromatic N) is 4. The maximum absolute atomic E-state index is 13.0. The number of hydrogen-bond donors (Lipinski definition) is 1. The molecule has 1 aliphatic rings. The van der Waals surface area contributed by atoms with Crippen molar-refractivity contribution < 1.29 is 9.18 Å². The fourth-order valence-corrected chi connectivity index (χ4v) is 3.78. The second-order valence-corrected chi connectivity index (χ2v) is 7.18. The van der Waals surface area contributed by atoms with E-state index in [1.54, 1.807) is 17.0 Å². The summed E-state index contributed by atoms with van der Waals surface area (Å²) in [5.74, 6) is -0.321. The van der Waals surface area contributed by atoms with Crippen LogP contribution in [-0.4, -0.2) is 46.9 Å². The van der Waals surface area contributed by atoms with Gasteiger partial charge in [-0.1, -0.05) is 18.2 Å². The Kier molecular flexibility index (Phi) is 5.20. The molecule has 7 heteroatoms. The Balaban J connectivity index is 1.43. The van der Waals surface area contributed by atoms with Crippen molar-refractivity contribution in [1.82, 2.24) is 14.7 Å². The van der Waals surface area contributed by atoms with E-state index in [4.69, 9.17) is 5.10 Å². The Labute approximate surface area is 169 Å². The van der Waals surface area contributed by atoms with Crippen LogP contribution in [0.1, 0.15) is 11.4 Å². The van der Waals surface area contributed by atoms with Crippen molar-refractivity contribution >= 4 is 17.4 Å². The lowest BCUT2D eigenvalue weighted by atomic mass is 10.2. The molecule has 2 aromatic carbocycles. The zero-order valence-corrected chi connectivity index (χ0v) is 16.6. The third kappa shape index (κ3) is 3.94. The van der Waals surface area contributed by atoms with Crippen molar-refractivity contribution in [3.05, 3.63) is 71.8 Å². The molecule has 1 aliphatic heterocycles. The highest BCUT2D eigenvalue weighted by atomic mass is 19.1. The molecule has 1 saturated heterocycles. The van der Waals surface area contributed by atoms with Crippen LogP contribution < -0.4 is 10.2 Å². The van der Waals surface area contributed by atoms with E-state index in [-0.39, 0.29) is 11.8 Å². The Hall–Kier alpha value is -3.35. The van der Waals surface area contributed by atoms with Crippen molar-refractivity contribution in [1.29, 1.82) is 0 Å². The van der Waals surface area contributed by atoms with E-state index in [0.29, 0.717) is 18.8 Å². The fraction of sp³-hybridized carbons (Fsp3) is 0.273. The normalized spacial score (nSPS) is 14.2. The molecule has 0 bridgehead atoms. The smallest absolute Gasteiger partial charge is 0.321 e. The molecule has 4 rings (SSSR count). The maximum Gasteiger partial charge on any atom is 0.321 e. The lowest BCUT2D eigenvalue weighted by molar-refractivity contribution is 0.208. The zero-order valence-electron chi connectivity index (χ0n) is 16.6. The van der Waals surface area contributed by atoms with Crippen molar-refractivity contribution in [2.45, 2.75) is 13.8 Å². The molecule has 0 radical (unpaired) electrons. The van der Waals surface area contributed by atoms with Gasteiger partial charge in [-0.3, -0.25) is 0 Å². The van der Waals surface area contributed by atoms with Gasteiger partial charge in [0.05, 0.1) is 22.8 Å². The SMILES string of the molecule is Cc1nn(-c2ccccc2)c(C)c1N1CCN(C(=O)Nc2ccc(F)cc2)CC1. The van der Waals surface area contributed by atoms with Crippen LogP contribution in [0, 0.1) is 19.7 Å². The van der Waals surface area contributed by atoms with Gasteiger partial charge in [0.1, 0.15) is 5.82 Å². The van der Waals surface area contributed by atoms with E-state index in [0.717, 1.165) is 35.9 Å². The first-order valence-electron chi connectivity index (χ1n) is 9.71. The van der Waals surface area contributed by atoms with E-state index in [9.17, 15) is 9.18 Å². The third-order valence-electron chi connectivity index (χ3n) is 5.23. The maximum atomic E-state index is 13.0. The van der Waals surface area contributed by atoms with Crippen LogP contribution in [0.5, 0.6) is 0 Å². The highest BCUT2D eigenvalue weighted by Crippen LogP contribution is 2.27. The van der Waals surface area contributed by atoms with Crippen LogP contribution in [0.4, 0.5) is 20.6 Å². The van der Waals surface area contributed by atoms with Crippen molar-refractivity contribution in [3.8, 4) is 5.69 Å². The Morgan fingerprint density at radius 1 is 0.966 bits per heavy atom. The van der Waals surface area contributed by atoms with Gasteiger partial charge < -0.3 is 15.1 Å². The summed E-state index contributed by atoms with van der Waals surface area (Å²) in [4.78, 5) is 16.6. The molecule has 0 aliphatic carbocycles. The lowest BCUT2D eigenvalue weighted by Crippen LogP contribution is -2.50. The summed E-state index contributed by atoms with van der Waals surface area (Å²) in [6, 6.07) is 15.7. The standard InChI is InChI=1S/C22H24FN5O/c1-16-21(17(2)28(25-16)20-6-4-3-5-7-20)26-12-14-27(15-13-26)22(29)24-19-10-8-18(23)9-11-19/h3-11H,12-15H2,1-2H3,(H,24,29). The summed E-state index contributed by atoms with van der Waals surface area (Å²) in [5.41, 5.74) is 4.84. The van der Waals surface area contributed by atoms with Gasteiger partial charge in [-0.2, -0.15) is 5.10 Å². The number of para-hydroxylation sites is 1. The first-order valence-corrected chi connectivity index (χ1v) is 9.71. The molecule has 0 unspecified atom stereocenters. The van der Waals surface area contributed by atoms with Crippen molar-refractivity contribution in [2.75, 3.05) is 36.4 Å². The van der Waals surface area contributed by atoms with Crippen molar-refractivity contribution in [2.24, 2.45) is 0 Å². The average molecular weight is 393 g/mol. The van der Waals surface area contributed by atoms with Gasteiger partial charge in [-0.25, -0.2) is 13.9 Å². The fourth-order valence-electron chi connectivity index (χ4n) is 3.78. The predicted octanol–water partition coefficient (Wildman–Crippen LogP) is 3.98. The monoisotopic (exact) mass is 393 g/mol. The van der Waals surface area contributed by atoms with E-state index in [2.05, 4.69) is 17.1 Å². The molecule has 2 amide bonds. The number of urea groups is 1. The number of hydrogen-bond acceptors (Lipinski definition) is 3. The van der Waals surface area contributed by atoms with E-state index < -0.39 is 0 Å². The van der Waals surface area contributed by atoms with Gasteiger partial charge in [-0.15, -0.1) is 0 Å². The topological polar surface area (TPSA) is 53.4 Å². The lowest BCUT2D eigenvalue weighted by Gasteiger charge is -2.36. The van der Waals surface area contributed by atoms with Crippen LogP contribution in [-0.2, 0) is 0 Å². The van der Waals surface area contributed by atoms with Crippen molar-refractivity contribution in [3.63, 3.8) is 0 Å². The highest BCUT2D eigenvalue weighted by Gasteiger charge is 2.25. The second-order valence-electron chi connectivity index (χ2n) is 7.18. The molecule has 1 aromatic heterocycles. The average Bonchev–Trinajstić information content (AvgIpc) is 3.04. The number of benzene rings is 2. The van der Waals surface area contributed by atoms with Gasteiger partial charge in [0.25, 0.3) is 0 Å². The summed E-state index contributed by atoms with van der Waals surface area (Å²) in [7, 11) is 0. The van der Waals surface area contributed by atoms with Crippen LogP contribution >= 0.6 is 0 Å². The number of rotatable bonds is 3. The minimum Gasteiger partial charge on any atom is -0.365 e. The van der Waals surface area contributed by atoms with Crippen LogP contribution in [0.2, 0.25) is 0 Å². The number of anilines is 2. The van der Waals surface area contributed by atoms with Gasteiger partial charge >= 0.3 is 6.03 Å². The number of aryl methyl sites for hydroxylation is 1. The molecule has 0 saturated carbocycles. The number of amides is 2. The van der Waals surface area contributed by atoms with Gasteiger partial charge in [-0.05, 0) is 50.2 Å². The Morgan fingerprint density at radius 2 is 1.62 bits per heavy atom. The molecular weight excluding hydrogens is 369 g/mol. The quantitative estimate of drug-likeness (QED) is 0.732. The summed E-state index contributed by atoms with van der Waals surface area (Å²) in [6.45, 7) is 6.80. The molecule has 2 heterocycles. The van der Waals surface area contributed by atoms with Crippen LogP contribution in [0.25, 0.3) is 5.69 Å². The Morgan fingerprint density at radius 3 is 2.28 bits per heavy atom. The van der Waals surface area contributed by atoms with E-state index in [1.165, 1.54) is 12.1 Å². The Bertz CT molecular complexity index is 992. The number of carbonyl (C=O) groups is 1. The number of carbonyl (C=O) groups excluding carboxylic acids is 1.